The minimum Gasteiger partial charge on any atom is -0.484 e. The Kier molecular flexibility index (Phi) is 5.48. The second-order valence-corrected chi connectivity index (χ2v) is 5.93. The van der Waals surface area contributed by atoms with Gasteiger partial charge < -0.3 is 14.2 Å². The molecular formula is C18H24N4O2. The highest BCUT2D eigenvalue weighted by molar-refractivity contribution is 5.77. The van der Waals surface area contributed by atoms with E-state index in [2.05, 4.69) is 21.4 Å². The van der Waals surface area contributed by atoms with Crippen molar-refractivity contribution in [3.63, 3.8) is 0 Å². The molecular weight excluding hydrogens is 304 g/mol. The maximum Gasteiger partial charge on any atom is 0.260 e. The molecule has 1 aliphatic heterocycles. The van der Waals surface area contributed by atoms with Gasteiger partial charge in [0.2, 0.25) is 0 Å². The summed E-state index contributed by atoms with van der Waals surface area (Å²) in [7, 11) is 0. The van der Waals surface area contributed by atoms with Gasteiger partial charge in [-0.25, -0.2) is 4.98 Å². The number of benzene rings is 1. The van der Waals surface area contributed by atoms with Crippen LogP contribution in [0.3, 0.4) is 0 Å². The van der Waals surface area contributed by atoms with Crippen molar-refractivity contribution >= 4 is 5.91 Å². The summed E-state index contributed by atoms with van der Waals surface area (Å²) in [5.41, 5.74) is 1.23. The van der Waals surface area contributed by atoms with Crippen molar-refractivity contribution in [2.24, 2.45) is 0 Å². The number of aryl methyl sites for hydroxylation is 1. The number of para-hydroxylation sites is 1. The number of nitrogens with zero attached hydrogens (tertiary/aromatic N) is 4. The zero-order valence-corrected chi connectivity index (χ0v) is 14.1. The fourth-order valence-electron chi connectivity index (χ4n) is 2.90. The Bertz CT molecular complexity index is 648. The van der Waals surface area contributed by atoms with Crippen LogP contribution in [0.5, 0.6) is 5.75 Å². The first kappa shape index (κ1) is 16.5. The maximum absolute atomic E-state index is 12.3. The number of piperazine rings is 1. The summed E-state index contributed by atoms with van der Waals surface area (Å²) in [5.74, 6) is 0.786. The van der Waals surface area contributed by atoms with Crippen LogP contribution < -0.4 is 4.74 Å². The molecule has 128 valence electrons. The van der Waals surface area contributed by atoms with E-state index < -0.39 is 0 Å². The first-order valence-electron chi connectivity index (χ1n) is 8.43. The third kappa shape index (κ3) is 4.14. The van der Waals surface area contributed by atoms with Gasteiger partial charge in [0.25, 0.3) is 5.91 Å². The molecule has 1 saturated heterocycles. The standard InChI is InChI=1S/C18H24N4O2/c1-2-21-15-19-12-16(21)13-20-8-10-22(11-9-20)18(23)14-24-17-6-4-3-5-7-17/h3-7,12,15H,2,8-11,13-14H2,1H3. The second kappa shape index (κ2) is 7.97. The minimum atomic E-state index is 0.0529. The molecule has 1 fully saturated rings. The van der Waals surface area contributed by atoms with Crippen molar-refractivity contribution in [2.45, 2.75) is 20.0 Å². The molecule has 1 aromatic heterocycles. The number of hydrogen-bond acceptors (Lipinski definition) is 4. The summed E-state index contributed by atoms with van der Waals surface area (Å²) < 4.78 is 7.70. The van der Waals surface area contributed by atoms with Crippen LogP contribution in [0.1, 0.15) is 12.6 Å². The summed E-state index contributed by atoms with van der Waals surface area (Å²) >= 11 is 0. The van der Waals surface area contributed by atoms with E-state index in [-0.39, 0.29) is 12.5 Å². The molecule has 0 N–H and O–H groups in total. The van der Waals surface area contributed by atoms with E-state index in [9.17, 15) is 4.79 Å². The average Bonchev–Trinajstić information content (AvgIpc) is 3.08. The van der Waals surface area contributed by atoms with Crippen LogP contribution in [0, 0.1) is 0 Å². The van der Waals surface area contributed by atoms with Gasteiger partial charge in [0.05, 0.1) is 12.0 Å². The lowest BCUT2D eigenvalue weighted by Crippen LogP contribution is -2.49. The van der Waals surface area contributed by atoms with Crippen LogP contribution in [0.25, 0.3) is 0 Å². The Hall–Kier alpha value is -2.34. The molecule has 0 aliphatic carbocycles. The zero-order chi connectivity index (χ0) is 16.8. The molecule has 6 heteroatoms. The van der Waals surface area contributed by atoms with Gasteiger partial charge in [-0.1, -0.05) is 18.2 Å². The van der Waals surface area contributed by atoms with Crippen molar-refractivity contribution in [1.82, 2.24) is 19.4 Å². The van der Waals surface area contributed by atoms with Crippen molar-refractivity contribution < 1.29 is 9.53 Å². The fraction of sp³-hybridized carbons (Fsp3) is 0.444. The molecule has 3 rings (SSSR count). The van der Waals surface area contributed by atoms with E-state index in [0.717, 1.165) is 45.0 Å². The Balaban J connectivity index is 1.43. The monoisotopic (exact) mass is 328 g/mol. The number of carbonyl (C=O) groups excluding carboxylic acids is 1. The SMILES string of the molecule is CCn1cncc1CN1CCN(C(=O)COc2ccccc2)CC1. The first-order valence-corrected chi connectivity index (χ1v) is 8.43. The summed E-state index contributed by atoms with van der Waals surface area (Å²) in [6.07, 6.45) is 3.80. The van der Waals surface area contributed by atoms with Gasteiger partial charge in [0.15, 0.2) is 6.61 Å². The molecule has 1 aromatic carbocycles. The predicted octanol–water partition coefficient (Wildman–Crippen LogP) is 1.63. The molecule has 2 heterocycles. The number of rotatable bonds is 6. The van der Waals surface area contributed by atoms with E-state index in [4.69, 9.17) is 4.74 Å². The van der Waals surface area contributed by atoms with Crippen molar-refractivity contribution in [3.8, 4) is 5.75 Å². The summed E-state index contributed by atoms with van der Waals surface area (Å²) in [5, 5.41) is 0. The highest BCUT2D eigenvalue weighted by Gasteiger charge is 2.22. The molecule has 1 amide bonds. The molecule has 0 atom stereocenters. The quantitative estimate of drug-likeness (QED) is 0.809. The van der Waals surface area contributed by atoms with Crippen molar-refractivity contribution in [1.29, 1.82) is 0 Å². The van der Waals surface area contributed by atoms with Crippen LogP contribution in [-0.4, -0.2) is 58.0 Å². The molecule has 0 spiro atoms. The summed E-state index contributed by atoms with van der Waals surface area (Å²) in [4.78, 5) is 20.7. The van der Waals surface area contributed by atoms with Gasteiger partial charge in [0, 0.05) is 45.5 Å². The molecule has 0 bridgehead atoms. The molecule has 1 aliphatic rings. The molecule has 24 heavy (non-hydrogen) atoms. The van der Waals surface area contributed by atoms with Gasteiger partial charge in [-0.2, -0.15) is 0 Å². The third-order valence-electron chi connectivity index (χ3n) is 4.36. The Morgan fingerprint density at radius 1 is 1.17 bits per heavy atom. The van der Waals surface area contributed by atoms with Crippen LogP contribution >= 0.6 is 0 Å². The van der Waals surface area contributed by atoms with E-state index >= 15 is 0 Å². The van der Waals surface area contributed by atoms with Crippen molar-refractivity contribution in [3.05, 3.63) is 48.5 Å². The van der Waals surface area contributed by atoms with E-state index in [1.807, 2.05) is 47.8 Å². The van der Waals surface area contributed by atoms with Crippen LogP contribution in [0.2, 0.25) is 0 Å². The number of hydrogen-bond donors (Lipinski definition) is 0. The normalized spacial score (nSPS) is 15.5. The van der Waals surface area contributed by atoms with Crippen molar-refractivity contribution in [2.75, 3.05) is 32.8 Å². The number of carbonyl (C=O) groups is 1. The van der Waals surface area contributed by atoms with Gasteiger partial charge in [-0.15, -0.1) is 0 Å². The first-order chi connectivity index (χ1) is 11.8. The van der Waals surface area contributed by atoms with Crippen LogP contribution in [0.15, 0.2) is 42.9 Å². The highest BCUT2D eigenvalue weighted by atomic mass is 16.5. The molecule has 0 saturated carbocycles. The number of ether oxygens (including phenoxy) is 1. The van der Waals surface area contributed by atoms with Crippen LogP contribution in [-0.2, 0) is 17.9 Å². The maximum atomic E-state index is 12.3. The third-order valence-corrected chi connectivity index (χ3v) is 4.36. The topological polar surface area (TPSA) is 50.6 Å². The number of imidazole rings is 1. The molecule has 0 unspecified atom stereocenters. The average molecular weight is 328 g/mol. The predicted molar refractivity (Wildman–Crippen MR) is 91.7 cm³/mol. The zero-order valence-electron chi connectivity index (χ0n) is 14.1. The lowest BCUT2D eigenvalue weighted by atomic mass is 10.3. The second-order valence-electron chi connectivity index (χ2n) is 5.93. The van der Waals surface area contributed by atoms with Crippen LogP contribution in [0.4, 0.5) is 0 Å². The fourth-order valence-corrected chi connectivity index (χ4v) is 2.90. The number of amides is 1. The smallest absolute Gasteiger partial charge is 0.260 e. The molecule has 6 nitrogen and oxygen atoms in total. The minimum absolute atomic E-state index is 0.0529. The Morgan fingerprint density at radius 2 is 1.92 bits per heavy atom. The summed E-state index contributed by atoms with van der Waals surface area (Å²) in [6.45, 7) is 7.30. The Labute approximate surface area is 142 Å². The number of aromatic nitrogens is 2. The van der Waals surface area contributed by atoms with Gasteiger partial charge >= 0.3 is 0 Å². The van der Waals surface area contributed by atoms with E-state index in [1.54, 1.807) is 0 Å². The lowest BCUT2D eigenvalue weighted by Gasteiger charge is -2.34. The largest absolute Gasteiger partial charge is 0.484 e. The molecule has 2 aromatic rings. The highest BCUT2D eigenvalue weighted by Crippen LogP contribution is 2.11. The van der Waals surface area contributed by atoms with Gasteiger partial charge in [-0.05, 0) is 19.1 Å². The van der Waals surface area contributed by atoms with Gasteiger partial charge in [0.1, 0.15) is 5.75 Å². The summed E-state index contributed by atoms with van der Waals surface area (Å²) in [6, 6.07) is 9.46. The van der Waals surface area contributed by atoms with E-state index in [1.165, 1.54) is 5.69 Å². The van der Waals surface area contributed by atoms with E-state index in [0.29, 0.717) is 0 Å². The van der Waals surface area contributed by atoms with Gasteiger partial charge in [-0.3, -0.25) is 9.69 Å². The Morgan fingerprint density at radius 3 is 2.62 bits per heavy atom. The molecule has 0 radical (unpaired) electrons. The lowest BCUT2D eigenvalue weighted by molar-refractivity contribution is -0.135.